The van der Waals surface area contributed by atoms with Crippen LogP contribution in [0.25, 0.3) is 0 Å². The van der Waals surface area contributed by atoms with E-state index in [-0.39, 0.29) is 29.9 Å². The standard InChI is InChI=1S/C21H31N5O3S.HI/c1-16-6-11-29-19(16)20(27)23-7-4-8-24-21(22-2)25-15-17(18-5-3-14-30-18)26-9-12-28-13-10-26;/h3,5-6,11,14,17H,4,7-10,12-13,15H2,1-2H3,(H,23,27)(H2,22,24,25);1H. The van der Waals surface area contributed by atoms with E-state index >= 15 is 0 Å². The van der Waals surface area contributed by atoms with E-state index in [0.29, 0.717) is 24.9 Å². The molecule has 1 aliphatic heterocycles. The summed E-state index contributed by atoms with van der Waals surface area (Å²) in [4.78, 5) is 20.2. The molecule has 0 radical (unpaired) electrons. The maximum atomic E-state index is 12.0. The van der Waals surface area contributed by atoms with Crippen LogP contribution in [0.5, 0.6) is 0 Å². The minimum Gasteiger partial charge on any atom is -0.459 e. The number of aryl methyl sites for hydroxylation is 1. The van der Waals surface area contributed by atoms with Crippen molar-refractivity contribution in [1.82, 2.24) is 20.9 Å². The van der Waals surface area contributed by atoms with Crippen molar-refractivity contribution in [3.63, 3.8) is 0 Å². The Labute approximate surface area is 204 Å². The van der Waals surface area contributed by atoms with Crippen LogP contribution in [0.2, 0.25) is 0 Å². The topological polar surface area (TPSA) is 91.1 Å². The van der Waals surface area contributed by atoms with Crippen molar-refractivity contribution in [1.29, 1.82) is 0 Å². The lowest BCUT2D eigenvalue weighted by molar-refractivity contribution is 0.0177. The third kappa shape index (κ3) is 7.78. The monoisotopic (exact) mass is 561 g/mol. The number of carbonyl (C=O) groups is 1. The predicted octanol–water partition coefficient (Wildman–Crippen LogP) is 2.63. The molecule has 2 aromatic rings. The molecule has 2 aromatic heterocycles. The average Bonchev–Trinajstić information content (AvgIpc) is 3.45. The van der Waals surface area contributed by atoms with Gasteiger partial charge in [0.1, 0.15) is 0 Å². The Morgan fingerprint density at radius 1 is 1.23 bits per heavy atom. The highest BCUT2D eigenvalue weighted by atomic mass is 127. The molecule has 3 rings (SSSR count). The number of guanidine groups is 1. The number of amides is 1. The molecular weight excluding hydrogens is 529 g/mol. The van der Waals surface area contributed by atoms with Crippen molar-refractivity contribution < 1.29 is 13.9 Å². The molecule has 0 saturated carbocycles. The number of carbonyl (C=O) groups excluding carboxylic acids is 1. The highest BCUT2D eigenvalue weighted by Gasteiger charge is 2.23. The second-order valence-electron chi connectivity index (χ2n) is 7.10. The summed E-state index contributed by atoms with van der Waals surface area (Å²) in [6.45, 7) is 7.32. The number of nitrogens with zero attached hydrogens (tertiary/aromatic N) is 2. The van der Waals surface area contributed by atoms with Crippen LogP contribution in [0, 0.1) is 6.92 Å². The molecule has 1 amide bonds. The molecule has 1 atom stereocenters. The van der Waals surface area contributed by atoms with E-state index < -0.39 is 0 Å². The minimum absolute atomic E-state index is 0. The Kier molecular flexibility index (Phi) is 11.3. The molecule has 1 fully saturated rings. The summed E-state index contributed by atoms with van der Waals surface area (Å²) in [5, 5.41) is 11.8. The minimum atomic E-state index is -0.177. The van der Waals surface area contributed by atoms with Gasteiger partial charge in [-0.25, -0.2) is 0 Å². The SMILES string of the molecule is CN=C(NCCCNC(=O)c1occc1C)NCC(c1cccs1)N1CCOCC1.I. The van der Waals surface area contributed by atoms with Gasteiger partial charge in [0.05, 0.1) is 25.5 Å². The molecule has 0 aliphatic carbocycles. The zero-order valence-corrected chi connectivity index (χ0v) is 21.2. The first kappa shape index (κ1) is 25.6. The fraction of sp³-hybridized carbons (Fsp3) is 0.524. The summed E-state index contributed by atoms with van der Waals surface area (Å²) in [6.07, 6.45) is 2.31. The van der Waals surface area contributed by atoms with E-state index in [4.69, 9.17) is 9.15 Å². The maximum Gasteiger partial charge on any atom is 0.287 e. The molecule has 31 heavy (non-hydrogen) atoms. The first-order valence-electron chi connectivity index (χ1n) is 10.3. The molecule has 1 unspecified atom stereocenters. The number of morpholine rings is 1. The Bertz CT molecular complexity index is 806. The molecule has 8 nitrogen and oxygen atoms in total. The maximum absolute atomic E-state index is 12.0. The largest absolute Gasteiger partial charge is 0.459 e. The first-order valence-corrected chi connectivity index (χ1v) is 11.2. The summed E-state index contributed by atoms with van der Waals surface area (Å²) in [5.41, 5.74) is 0.843. The van der Waals surface area contributed by atoms with Gasteiger partial charge in [-0.15, -0.1) is 35.3 Å². The fourth-order valence-corrected chi connectivity index (χ4v) is 4.24. The lowest BCUT2D eigenvalue weighted by Gasteiger charge is -2.34. The Hall–Kier alpha value is -1.63. The van der Waals surface area contributed by atoms with Gasteiger partial charge in [-0.1, -0.05) is 6.07 Å². The molecule has 3 N–H and O–H groups in total. The van der Waals surface area contributed by atoms with E-state index in [2.05, 4.69) is 43.4 Å². The van der Waals surface area contributed by atoms with Crippen LogP contribution in [0.3, 0.4) is 0 Å². The number of rotatable bonds is 9. The molecular formula is C21H32IN5O3S. The van der Waals surface area contributed by atoms with Crippen molar-refractivity contribution in [3.05, 3.63) is 46.0 Å². The van der Waals surface area contributed by atoms with Crippen LogP contribution in [0.15, 0.2) is 39.3 Å². The van der Waals surface area contributed by atoms with Gasteiger partial charge in [0.25, 0.3) is 5.91 Å². The predicted molar refractivity (Wildman–Crippen MR) is 135 cm³/mol. The van der Waals surface area contributed by atoms with Crippen LogP contribution < -0.4 is 16.0 Å². The average molecular weight is 561 g/mol. The van der Waals surface area contributed by atoms with E-state index in [1.54, 1.807) is 24.5 Å². The smallest absolute Gasteiger partial charge is 0.287 e. The number of ether oxygens (including phenoxy) is 1. The summed E-state index contributed by atoms with van der Waals surface area (Å²) in [7, 11) is 1.77. The van der Waals surface area contributed by atoms with Crippen LogP contribution in [-0.4, -0.2) is 69.8 Å². The lowest BCUT2D eigenvalue weighted by Crippen LogP contribution is -2.46. The van der Waals surface area contributed by atoms with Crippen molar-refractivity contribution in [2.45, 2.75) is 19.4 Å². The molecule has 10 heteroatoms. The van der Waals surface area contributed by atoms with Crippen LogP contribution in [0.4, 0.5) is 0 Å². The normalized spacial score (nSPS) is 15.7. The van der Waals surface area contributed by atoms with Crippen LogP contribution in [-0.2, 0) is 4.74 Å². The third-order valence-electron chi connectivity index (χ3n) is 5.04. The van der Waals surface area contributed by atoms with Crippen molar-refractivity contribution in [2.24, 2.45) is 4.99 Å². The molecule has 0 spiro atoms. The van der Waals surface area contributed by atoms with Crippen molar-refractivity contribution in [3.8, 4) is 0 Å². The number of hydrogen-bond acceptors (Lipinski definition) is 6. The highest BCUT2D eigenvalue weighted by molar-refractivity contribution is 14.0. The highest BCUT2D eigenvalue weighted by Crippen LogP contribution is 2.25. The van der Waals surface area contributed by atoms with Gasteiger partial charge in [-0.2, -0.15) is 0 Å². The van der Waals surface area contributed by atoms with Crippen molar-refractivity contribution >= 4 is 47.2 Å². The van der Waals surface area contributed by atoms with Gasteiger partial charge in [-0.3, -0.25) is 14.7 Å². The first-order chi connectivity index (χ1) is 14.7. The van der Waals surface area contributed by atoms with Gasteiger partial charge in [-0.05, 0) is 30.9 Å². The van der Waals surface area contributed by atoms with Crippen molar-refractivity contribution in [2.75, 3.05) is 53.0 Å². The van der Waals surface area contributed by atoms with Gasteiger partial charge in [0.2, 0.25) is 0 Å². The Balaban J connectivity index is 0.00000341. The van der Waals surface area contributed by atoms with E-state index in [0.717, 1.165) is 50.8 Å². The van der Waals surface area contributed by atoms with Gasteiger partial charge in [0.15, 0.2) is 11.7 Å². The zero-order valence-electron chi connectivity index (χ0n) is 18.1. The number of thiophene rings is 1. The number of hydrogen-bond donors (Lipinski definition) is 3. The van der Waals surface area contributed by atoms with E-state index in [1.807, 2.05) is 6.92 Å². The molecule has 0 bridgehead atoms. The third-order valence-corrected chi connectivity index (χ3v) is 6.02. The second kappa shape index (κ2) is 13.7. The van der Waals surface area contributed by atoms with Crippen LogP contribution in [0.1, 0.15) is 33.5 Å². The number of aliphatic imine (C=N–C) groups is 1. The number of furan rings is 1. The van der Waals surface area contributed by atoms with Crippen LogP contribution >= 0.6 is 35.3 Å². The molecule has 1 saturated heterocycles. The van der Waals surface area contributed by atoms with Gasteiger partial charge >= 0.3 is 0 Å². The van der Waals surface area contributed by atoms with E-state index in [9.17, 15) is 4.79 Å². The fourth-order valence-electron chi connectivity index (χ4n) is 3.38. The summed E-state index contributed by atoms with van der Waals surface area (Å²) in [5.74, 6) is 0.963. The number of nitrogens with one attached hydrogen (secondary N) is 3. The Morgan fingerprint density at radius 3 is 2.65 bits per heavy atom. The van der Waals surface area contributed by atoms with Gasteiger partial charge in [0, 0.05) is 50.2 Å². The summed E-state index contributed by atoms with van der Waals surface area (Å²) >= 11 is 1.78. The van der Waals surface area contributed by atoms with E-state index in [1.165, 1.54) is 11.1 Å². The zero-order chi connectivity index (χ0) is 21.2. The quantitative estimate of drug-likeness (QED) is 0.189. The summed E-state index contributed by atoms with van der Waals surface area (Å²) < 4.78 is 10.7. The second-order valence-corrected chi connectivity index (χ2v) is 8.08. The molecule has 3 heterocycles. The lowest BCUT2D eigenvalue weighted by atomic mass is 10.2. The molecule has 172 valence electrons. The molecule has 0 aromatic carbocycles. The van der Waals surface area contributed by atoms with Gasteiger partial charge < -0.3 is 25.1 Å². The summed E-state index contributed by atoms with van der Waals surface area (Å²) in [6, 6.07) is 6.36. The molecule has 1 aliphatic rings. The Morgan fingerprint density at radius 2 is 2.00 bits per heavy atom. The number of halogens is 1.